The van der Waals surface area contributed by atoms with Gasteiger partial charge in [0.15, 0.2) is 0 Å². The average molecular weight is 179 g/mol. The SMILES string of the molecule is CCNc1cncc(N(C)CC)c1. The summed E-state index contributed by atoms with van der Waals surface area (Å²) in [5, 5.41) is 3.24. The molecule has 13 heavy (non-hydrogen) atoms. The Morgan fingerprint density at radius 1 is 1.38 bits per heavy atom. The van der Waals surface area contributed by atoms with Crippen LogP contribution in [-0.2, 0) is 0 Å². The van der Waals surface area contributed by atoms with Crippen LogP contribution in [0.3, 0.4) is 0 Å². The molecule has 0 aliphatic carbocycles. The molecule has 0 saturated heterocycles. The van der Waals surface area contributed by atoms with E-state index in [1.807, 2.05) is 12.4 Å². The molecule has 1 rings (SSSR count). The fraction of sp³-hybridized carbons (Fsp3) is 0.500. The van der Waals surface area contributed by atoms with Crippen LogP contribution in [0.25, 0.3) is 0 Å². The van der Waals surface area contributed by atoms with E-state index in [1.54, 1.807) is 0 Å². The van der Waals surface area contributed by atoms with Gasteiger partial charge in [0.1, 0.15) is 0 Å². The van der Waals surface area contributed by atoms with Gasteiger partial charge in [-0.05, 0) is 19.9 Å². The van der Waals surface area contributed by atoms with Crippen molar-refractivity contribution in [2.75, 3.05) is 30.4 Å². The summed E-state index contributed by atoms with van der Waals surface area (Å²) < 4.78 is 0. The number of pyridine rings is 1. The molecule has 1 aromatic heterocycles. The minimum atomic E-state index is 0.932. The summed E-state index contributed by atoms with van der Waals surface area (Å²) in [6, 6.07) is 2.11. The van der Waals surface area contributed by atoms with Gasteiger partial charge in [0.2, 0.25) is 0 Å². The van der Waals surface area contributed by atoms with E-state index in [9.17, 15) is 0 Å². The molecule has 1 heterocycles. The highest BCUT2D eigenvalue weighted by Crippen LogP contribution is 2.15. The number of hydrogen-bond acceptors (Lipinski definition) is 3. The normalized spacial score (nSPS) is 9.77. The quantitative estimate of drug-likeness (QED) is 0.766. The van der Waals surface area contributed by atoms with Crippen LogP contribution in [0.15, 0.2) is 18.5 Å². The summed E-state index contributed by atoms with van der Waals surface area (Å²) in [5.41, 5.74) is 2.24. The topological polar surface area (TPSA) is 28.2 Å². The predicted molar refractivity (Wildman–Crippen MR) is 57.3 cm³/mol. The van der Waals surface area contributed by atoms with Crippen LogP contribution in [0.4, 0.5) is 11.4 Å². The van der Waals surface area contributed by atoms with E-state index >= 15 is 0 Å². The van der Waals surface area contributed by atoms with E-state index in [0.717, 1.165) is 24.5 Å². The monoisotopic (exact) mass is 179 g/mol. The van der Waals surface area contributed by atoms with Crippen LogP contribution < -0.4 is 10.2 Å². The molecule has 0 atom stereocenters. The van der Waals surface area contributed by atoms with Crippen molar-refractivity contribution in [2.45, 2.75) is 13.8 Å². The van der Waals surface area contributed by atoms with E-state index in [2.05, 4.69) is 42.2 Å². The van der Waals surface area contributed by atoms with Gasteiger partial charge in [0.25, 0.3) is 0 Å². The van der Waals surface area contributed by atoms with Crippen molar-refractivity contribution in [3.05, 3.63) is 18.5 Å². The highest BCUT2D eigenvalue weighted by Gasteiger charge is 1.98. The van der Waals surface area contributed by atoms with Crippen molar-refractivity contribution in [3.8, 4) is 0 Å². The first kappa shape index (κ1) is 9.84. The van der Waals surface area contributed by atoms with Crippen molar-refractivity contribution < 1.29 is 0 Å². The molecular formula is C10H17N3. The Kier molecular flexibility index (Phi) is 3.55. The molecule has 72 valence electrons. The third kappa shape index (κ3) is 2.61. The molecule has 1 N–H and O–H groups in total. The second-order valence-corrected chi connectivity index (χ2v) is 2.98. The van der Waals surface area contributed by atoms with E-state index in [4.69, 9.17) is 0 Å². The largest absolute Gasteiger partial charge is 0.384 e. The first-order valence-corrected chi connectivity index (χ1v) is 4.68. The first-order chi connectivity index (χ1) is 6.27. The molecule has 0 fully saturated rings. The summed E-state index contributed by atoms with van der Waals surface area (Å²) in [6.07, 6.45) is 3.72. The molecule has 0 radical (unpaired) electrons. The van der Waals surface area contributed by atoms with Gasteiger partial charge in [0.05, 0.1) is 23.8 Å². The molecule has 1 aromatic rings. The lowest BCUT2D eigenvalue weighted by Gasteiger charge is -2.16. The third-order valence-corrected chi connectivity index (χ3v) is 2.02. The Labute approximate surface area is 79.8 Å². The molecule has 3 heteroatoms. The van der Waals surface area contributed by atoms with E-state index in [1.165, 1.54) is 0 Å². The highest BCUT2D eigenvalue weighted by molar-refractivity contribution is 5.54. The standard InChI is InChI=1S/C10H17N3/c1-4-12-9-6-10(8-11-7-9)13(3)5-2/h6-8,12H,4-5H2,1-3H3. The third-order valence-electron chi connectivity index (χ3n) is 2.02. The van der Waals surface area contributed by atoms with Gasteiger partial charge >= 0.3 is 0 Å². The van der Waals surface area contributed by atoms with Crippen molar-refractivity contribution in [1.29, 1.82) is 0 Å². The summed E-state index contributed by atoms with van der Waals surface area (Å²) in [7, 11) is 2.06. The lowest BCUT2D eigenvalue weighted by atomic mass is 10.3. The zero-order valence-electron chi connectivity index (χ0n) is 8.54. The molecule has 0 spiro atoms. The fourth-order valence-corrected chi connectivity index (χ4v) is 1.12. The zero-order chi connectivity index (χ0) is 9.68. The molecule has 0 unspecified atom stereocenters. The van der Waals surface area contributed by atoms with E-state index in [-0.39, 0.29) is 0 Å². The Hall–Kier alpha value is -1.25. The van der Waals surface area contributed by atoms with Crippen LogP contribution in [0.5, 0.6) is 0 Å². The lowest BCUT2D eigenvalue weighted by Crippen LogP contribution is -2.16. The molecule has 0 aliphatic heterocycles. The minimum Gasteiger partial charge on any atom is -0.384 e. The smallest absolute Gasteiger partial charge is 0.0570 e. The number of nitrogens with one attached hydrogen (secondary N) is 1. The van der Waals surface area contributed by atoms with Gasteiger partial charge in [-0.1, -0.05) is 0 Å². The molecule has 3 nitrogen and oxygen atoms in total. The molecule has 0 aliphatic rings. The molecule has 0 amide bonds. The molecular weight excluding hydrogens is 162 g/mol. The maximum absolute atomic E-state index is 4.17. The molecule has 0 saturated carbocycles. The minimum absolute atomic E-state index is 0.932. The summed E-state index contributed by atoms with van der Waals surface area (Å²) in [4.78, 5) is 6.33. The lowest BCUT2D eigenvalue weighted by molar-refractivity contribution is 0.961. The maximum atomic E-state index is 4.17. The van der Waals surface area contributed by atoms with E-state index in [0.29, 0.717) is 0 Å². The number of nitrogens with zero attached hydrogens (tertiary/aromatic N) is 2. The summed E-state index contributed by atoms with van der Waals surface area (Å²) in [6.45, 7) is 6.13. The van der Waals surface area contributed by atoms with Crippen molar-refractivity contribution in [1.82, 2.24) is 4.98 Å². The molecule has 0 bridgehead atoms. The van der Waals surface area contributed by atoms with Crippen LogP contribution in [0, 0.1) is 0 Å². The number of anilines is 2. The fourth-order valence-electron chi connectivity index (χ4n) is 1.12. The van der Waals surface area contributed by atoms with Gasteiger partial charge in [0, 0.05) is 20.1 Å². The Morgan fingerprint density at radius 2 is 2.15 bits per heavy atom. The Bertz CT molecular complexity index is 260. The van der Waals surface area contributed by atoms with Gasteiger partial charge in [-0.15, -0.1) is 0 Å². The van der Waals surface area contributed by atoms with Gasteiger partial charge < -0.3 is 10.2 Å². The van der Waals surface area contributed by atoms with Crippen LogP contribution >= 0.6 is 0 Å². The highest BCUT2D eigenvalue weighted by atomic mass is 15.1. The van der Waals surface area contributed by atoms with Gasteiger partial charge in [-0.25, -0.2) is 0 Å². The molecule has 0 aromatic carbocycles. The zero-order valence-corrected chi connectivity index (χ0v) is 8.54. The second kappa shape index (κ2) is 4.70. The number of aromatic nitrogens is 1. The van der Waals surface area contributed by atoms with E-state index < -0.39 is 0 Å². The average Bonchev–Trinajstić information content (AvgIpc) is 2.18. The number of rotatable bonds is 4. The van der Waals surface area contributed by atoms with Crippen molar-refractivity contribution >= 4 is 11.4 Å². The van der Waals surface area contributed by atoms with Gasteiger partial charge in [-0.2, -0.15) is 0 Å². The summed E-state index contributed by atoms with van der Waals surface area (Å²) in [5.74, 6) is 0. The van der Waals surface area contributed by atoms with Crippen LogP contribution in [0.2, 0.25) is 0 Å². The van der Waals surface area contributed by atoms with Crippen molar-refractivity contribution in [2.24, 2.45) is 0 Å². The van der Waals surface area contributed by atoms with Crippen LogP contribution in [0.1, 0.15) is 13.8 Å². The van der Waals surface area contributed by atoms with Crippen LogP contribution in [-0.4, -0.2) is 25.1 Å². The Morgan fingerprint density at radius 3 is 2.77 bits per heavy atom. The van der Waals surface area contributed by atoms with Gasteiger partial charge in [-0.3, -0.25) is 4.98 Å². The second-order valence-electron chi connectivity index (χ2n) is 2.98. The Balaban J connectivity index is 2.78. The maximum Gasteiger partial charge on any atom is 0.0570 e. The van der Waals surface area contributed by atoms with Crippen molar-refractivity contribution in [3.63, 3.8) is 0 Å². The first-order valence-electron chi connectivity index (χ1n) is 4.68. The number of hydrogen-bond donors (Lipinski definition) is 1. The summed E-state index contributed by atoms with van der Waals surface area (Å²) >= 11 is 0. The predicted octanol–water partition coefficient (Wildman–Crippen LogP) is 1.97.